The van der Waals surface area contributed by atoms with E-state index < -0.39 is 16.0 Å². The molecule has 1 aromatic rings. The molecule has 0 aliphatic carbocycles. The number of benzene rings is 1. The Balaban J connectivity index is 3.01. The third kappa shape index (κ3) is 4.28. The van der Waals surface area contributed by atoms with Gasteiger partial charge in [0.1, 0.15) is 0 Å². The molecule has 0 heterocycles. The van der Waals surface area contributed by atoms with Gasteiger partial charge in [0.2, 0.25) is 10.0 Å². The van der Waals surface area contributed by atoms with Crippen molar-refractivity contribution >= 4 is 37.6 Å². The highest BCUT2D eigenvalue weighted by molar-refractivity contribution is 9.10. The Morgan fingerprint density at radius 2 is 2.17 bits per heavy atom. The Kier molecular flexibility index (Phi) is 5.12. The fourth-order valence-electron chi connectivity index (χ4n) is 1.19. The molecular weight excluding hydrogens is 326 g/mol. The number of anilines is 1. The molecule has 0 saturated carbocycles. The van der Waals surface area contributed by atoms with Crippen LogP contribution >= 0.6 is 15.9 Å². The van der Waals surface area contributed by atoms with Gasteiger partial charge in [-0.25, -0.2) is 13.2 Å². The molecule has 0 atom stereocenters. The van der Waals surface area contributed by atoms with E-state index in [1.807, 2.05) is 0 Å². The van der Waals surface area contributed by atoms with Crippen molar-refractivity contribution in [2.24, 2.45) is 0 Å². The molecule has 18 heavy (non-hydrogen) atoms. The fraction of sp³-hybridized carbons (Fsp3) is 0.300. The van der Waals surface area contributed by atoms with Gasteiger partial charge in [-0.3, -0.25) is 4.72 Å². The lowest BCUT2D eigenvalue weighted by molar-refractivity contribution is 0.0698. The smallest absolute Gasteiger partial charge is 0.337 e. The number of sulfonamides is 1. The van der Waals surface area contributed by atoms with E-state index in [2.05, 4.69) is 25.4 Å². The number of hydrogen-bond acceptors (Lipinski definition) is 4. The standard InChI is InChI=1S/C10H12BrNO5S/c1-17-4-5-18(15,16)12-9-3-2-7(11)6-8(9)10(13)14/h2-3,6,12H,4-5H2,1H3,(H,13,14). The summed E-state index contributed by atoms with van der Waals surface area (Å²) in [4.78, 5) is 11.0. The maximum absolute atomic E-state index is 11.6. The van der Waals surface area contributed by atoms with Gasteiger partial charge in [0, 0.05) is 11.6 Å². The van der Waals surface area contributed by atoms with Crippen LogP contribution in [0.15, 0.2) is 22.7 Å². The molecular formula is C10H12BrNO5S. The summed E-state index contributed by atoms with van der Waals surface area (Å²) in [6.45, 7) is 0.0360. The number of rotatable bonds is 6. The highest BCUT2D eigenvalue weighted by Crippen LogP contribution is 2.22. The van der Waals surface area contributed by atoms with Gasteiger partial charge in [-0.2, -0.15) is 0 Å². The zero-order valence-corrected chi connectivity index (χ0v) is 11.9. The molecule has 2 N–H and O–H groups in total. The van der Waals surface area contributed by atoms with Crippen molar-refractivity contribution in [1.82, 2.24) is 0 Å². The number of carbonyl (C=O) groups is 1. The molecule has 6 nitrogen and oxygen atoms in total. The monoisotopic (exact) mass is 337 g/mol. The molecule has 0 aromatic heterocycles. The molecule has 0 fully saturated rings. The topological polar surface area (TPSA) is 92.7 Å². The average molecular weight is 338 g/mol. The van der Waals surface area contributed by atoms with E-state index in [0.29, 0.717) is 4.47 Å². The summed E-state index contributed by atoms with van der Waals surface area (Å²) < 4.78 is 30.7. The van der Waals surface area contributed by atoms with Crippen molar-refractivity contribution in [3.8, 4) is 0 Å². The number of nitrogens with one attached hydrogen (secondary N) is 1. The van der Waals surface area contributed by atoms with Crippen LogP contribution in [0.25, 0.3) is 0 Å². The van der Waals surface area contributed by atoms with Crippen LogP contribution in [-0.2, 0) is 14.8 Å². The lowest BCUT2D eigenvalue weighted by atomic mass is 10.2. The van der Waals surface area contributed by atoms with E-state index in [1.54, 1.807) is 6.07 Å². The second-order valence-corrected chi connectivity index (χ2v) is 6.17. The number of hydrogen-bond donors (Lipinski definition) is 2. The van der Waals surface area contributed by atoms with Crippen LogP contribution in [0.2, 0.25) is 0 Å². The van der Waals surface area contributed by atoms with E-state index in [0.717, 1.165) is 0 Å². The van der Waals surface area contributed by atoms with Gasteiger partial charge in [-0.15, -0.1) is 0 Å². The zero-order valence-electron chi connectivity index (χ0n) is 9.51. The summed E-state index contributed by atoms with van der Waals surface area (Å²) in [5, 5.41) is 8.98. The van der Waals surface area contributed by atoms with Crippen molar-refractivity contribution in [1.29, 1.82) is 0 Å². The van der Waals surface area contributed by atoms with Crippen LogP contribution in [0.1, 0.15) is 10.4 Å². The highest BCUT2D eigenvalue weighted by atomic mass is 79.9. The third-order valence-corrected chi connectivity index (χ3v) is 3.76. The van der Waals surface area contributed by atoms with Crippen LogP contribution in [-0.4, -0.2) is 39.0 Å². The summed E-state index contributed by atoms with van der Waals surface area (Å²) in [7, 11) is -2.23. The maximum Gasteiger partial charge on any atom is 0.337 e. The first-order chi connectivity index (χ1) is 8.35. The minimum absolute atomic E-state index is 0.0294. The number of carboxylic acids is 1. The summed E-state index contributed by atoms with van der Waals surface area (Å²) >= 11 is 3.13. The molecule has 0 bridgehead atoms. The molecule has 0 unspecified atom stereocenters. The number of aromatic carboxylic acids is 1. The van der Waals surface area contributed by atoms with Gasteiger partial charge in [0.15, 0.2) is 0 Å². The Hall–Kier alpha value is -1.12. The first-order valence-corrected chi connectivity index (χ1v) is 7.32. The fourth-order valence-corrected chi connectivity index (χ4v) is 2.56. The van der Waals surface area contributed by atoms with Crippen LogP contribution < -0.4 is 4.72 Å². The van der Waals surface area contributed by atoms with Crippen LogP contribution in [0.3, 0.4) is 0 Å². The second-order valence-electron chi connectivity index (χ2n) is 3.41. The van der Waals surface area contributed by atoms with Gasteiger partial charge in [0.25, 0.3) is 0 Å². The molecule has 0 saturated heterocycles. The lowest BCUT2D eigenvalue weighted by Gasteiger charge is -2.10. The zero-order chi connectivity index (χ0) is 13.8. The summed E-state index contributed by atoms with van der Waals surface area (Å²) in [5.74, 6) is -1.45. The Bertz CT molecular complexity index is 543. The number of halogens is 1. The minimum Gasteiger partial charge on any atom is -0.478 e. The van der Waals surface area contributed by atoms with Gasteiger partial charge < -0.3 is 9.84 Å². The van der Waals surface area contributed by atoms with E-state index in [-0.39, 0.29) is 23.6 Å². The predicted molar refractivity (Wildman–Crippen MR) is 70.4 cm³/mol. The Morgan fingerprint density at radius 1 is 1.50 bits per heavy atom. The van der Waals surface area contributed by atoms with Gasteiger partial charge >= 0.3 is 5.97 Å². The average Bonchev–Trinajstić information content (AvgIpc) is 2.28. The van der Waals surface area contributed by atoms with E-state index in [1.165, 1.54) is 19.2 Å². The summed E-state index contributed by atoms with van der Waals surface area (Å²) in [5.41, 5.74) is -0.0906. The van der Waals surface area contributed by atoms with Crippen molar-refractivity contribution in [3.63, 3.8) is 0 Å². The first-order valence-electron chi connectivity index (χ1n) is 4.88. The second kappa shape index (κ2) is 6.17. The predicted octanol–water partition coefficient (Wildman–Crippen LogP) is 1.54. The van der Waals surface area contributed by atoms with E-state index >= 15 is 0 Å². The molecule has 1 rings (SSSR count). The SMILES string of the molecule is COCCS(=O)(=O)Nc1ccc(Br)cc1C(=O)O. The van der Waals surface area contributed by atoms with Crippen molar-refractivity contribution < 1.29 is 23.1 Å². The van der Waals surface area contributed by atoms with Crippen LogP contribution in [0, 0.1) is 0 Å². The van der Waals surface area contributed by atoms with E-state index in [4.69, 9.17) is 5.11 Å². The van der Waals surface area contributed by atoms with Crippen molar-refractivity contribution in [3.05, 3.63) is 28.2 Å². The molecule has 0 radical (unpaired) electrons. The summed E-state index contributed by atoms with van der Waals surface area (Å²) in [6, 6.07) is 4.27. The third-order valence-electron chi connectivity index (χ3n) is 2.03. The molecule has 0 spiro atoms. The van der Waals surface area contributed by atoms with Crippen LogP contribution in [0.4, 0.5) is 5.69 Å². The van der Waals surface area contributed by atoms with Crippen LogP contribution in [0.5, 0.6) is 0 Å². The quantitative estimate of drug-likeness (QED) is 0.821. The maximum atomic E-state index is 11.6. The molecule has 1 aromatic carbocycles. The minimum atomic E-state index is -3.62. The largest absolute Gasteiger partial charge is 0.478 e. The molecule has 0 aliphatic rings. The van der Waals surface area contributed by atoms with Crippen molar-refractivity contribution in [2.45, 2.75) is 0 Å². The van der Waals surface area contributed by atoms with Gasteiger partial charge in [0.05, 0.1) is 23.6 Å². The summed E-state index contributed by atoms with van der Waals surface area (Å²) in [6.07, 6.45) is 0. The molecule has 0 aliphatic heterocycles. The highest BCUT2D eigenvalue weighted by Gasteiger charge is 2.16. The number of ether oxygens (including phenoxy) is 1. The first kappa shape index (κ1) is 14.9. The van der Waals surface area contributed by atoms with Crippen molar-refractivity contribution in [2.75, 3.05) is 24.2 Å². The molecule has 0 amide bonds. The van der Waals surface area contributed by atoms with Gasteiger partial charge in [-0.1, -0.05) is 15.9 Å². The normalized spacial score (nSPS) is 11.2. The van der Waals surface area contributed by atoms with E-state index in [9.17, 15) is 13.2 Å². The molecule has 100 valence electrons. The molecule has 8 heteroatoms. The number of carboxylic acid groups (broad SMARTS) is 1. The lowest BCUT2D eigenvalue weighted by Crippen LogP contribution is -2.21. The Morgan fingerprint density at radius 3 is 2.72 bits per heavy atom. The number of methoxy groups -OCH3 is 1. The Labute approximate surface area is 113 Å². The van der Waals surface area contributed by atoms with Gasteiger partial charge in [-0.05, 0) is 18.2 Å².